The van der Waals surface area contributed by atoms with Crippen LogP contribution < -0.4 is 0 Å². The summed E-state index contributed by atoms with van der Waals surface area (Å²) in [7, 11) is 0. The lowest BCUT2D eigenvalue weighted by atomic mass is 10.0. The van der Waals surface area contributed by atoms with Gasteiger partial charge in [0.2, 0.25) is 0 Å². The number of aromatic nitrogens is 1. The third-order valence-corrected chi connectivity index (χ3v) is 5.43. The molecule has 4 aromatic carbocycles. The summed E-state index contributed by atoms with van der Waals surface area (Å²) in [5, 5.41) is 1.95. The van der Waals surface area contributed by atoms with Gasteiger partial charge < -0.3 is 4.42 Å². The molecule has 2 nitrogen and oxygen atoms in total. The fourth-order valence-corrected chi connectivity index (χ4v) is 3.94. The van der Waals surface area contributed by atoms with Gasteiger partial charge in [0, 0.05) is 22.5 Å². The van der Waals surface area contributed by atoms with Crippen molar-refractivity contribution in [2.75, 3.05) is 0 Å². The van der Waals surface area contributed by atoms with Crippen molar-refractivity contribution in [1.82, 2.24) is 4.98 Å². The largest absolute Gasteiger partial charge is 0.455 e. The highest BCUT2D eigenvalue weighted by Crippen LogP contribution is 2.37. The lowest BCUT2D eigenvalue weighted by Gasteiger charge is -2.06. The van der Waals surface area contributed by atoms with Crippen molar-refractivity contribution in [1.29, 1.82) is 0 Å². The van der Waals surface area contributed by atoms with Crippen LogP contribution in [0, 0.1) is 0 Å². The Kier molecular flexibility index (Phi) is 3.09. The van der Waals surface area contributed by atoms with Crippen LogP contribution >= 0.6 is 0 Å². The van der Waals surface area contributed by atoms with Gasteiger partial charge in [-0.2, -0.15) is 0 Å². The van der Waals surface area contributed by atoms with E-state index in [0.29, 0.717) is 16.8 Å². The summed E-state index contributed by atoms with van der Waals surface area (Å²) in [5.41, 5.74) is 5.61. The molecule has 0 radical (unpaired) electrons. The third kappa shape index (κ3) is 3.10. The van der Waals surface area contributed by atoms with Gasteiger partial charge in [0.05, 0.1) is 12.5 Å². The van der Waals surface area contributed by atoms with Crippen molar-refractivity contribution in [3.05, 3.63) is 115 Å². The first-order valence-corrected chi connectivity index (χ1v) is 9.98. The Labute approximate surface area is 187 Å². The molecule has 0 unspecified atom stereocenters. The molecule has 6 aromatic rings. The van der Waals surface area contributed by atoms with Crippen molar-refractivity contribution in [3.8, 4) is 33.5 Å². The number of para-hydroxylation sites is 1. The second-order valence-corrected chi connectivity index (χ2v) is 7.29. The van der Waals surface area contributed by atoms with Gasteiger partial charge in [0.15, 0.2) is 0 Å². The van der Waals surface area contributed by atoms with E-state index in [1.807, 2.05) is 42.5 Å². The Bertz CT molecular complexity index is 1760. The molecule has 6 rings (SSSR count). The summed E-state index contributed by atoms with van der Waals surface area (Å²) in [6, 6.07) is 23.9. The molecular formula is C29H19NO. The normalized spacial score (nSPS) is 13.5. The molecule has 2 heterocycles. The zero-order chi connectivity index (χ0) is 25.0. The minimum atomic E-state index is -0.412. The monoisotopic (exact) mass is 402 g/mol. The van der Waals surface area contributed by atoms with Crippen LogP contribution in [0.3, 0.4) is 0 Å². The highest BCUT2D eigenvalue weighted by atomic mass is 16.3. The van der Waals surface area contributed by atoms with E-state index in [2.05, 4.69) is 29.2 Å². The topological polar surface area (TPSA) is 26.0 Å². The van der Waals surface area contributed by atoms with Crippen molar-refractivity contribution >= 4 is 21.9 Å². The Balaban J connectivity index is 1.52. The maximum atomic E-state index is 8.33. The summed E-state index contributed by atoms with van der Waals surface area (Å²) < 4.78 is 46.9. The zero-order valence-corrected chi connectivity index (χ0v) is 16.4. The van der Waals surface area contributed by atoms with Crippen LogP contribution in [-0.2, 0) is 0 Å². The number of rotatable bonds is 3. The van der Waals surface area contributed by atoms with E-state index in [4.69, 9.17) is 11.3 Å². The number of furan rings is 1. The van der Waals surface area contributed by atoms with Crippen LogP contribution in [-0.4, -0.2) is 4.98 Å². The third-order valence-electron chi connectivity index (χ3n) is 5.43. The molecule has 0 aliphatic rings. The van der Waals surface area contributed by atoms with Gasteiger partial charge >= 0.3 is 0 Å². The maximum Gasteiger partial charge on any atom is 0.144 e. The Morgan fingerprint density at radius 2 is 1.48 bits per heavy atom. The number of fused-ring (bicyclic) bond motifs is 3. The number of hydrogen-bond donors (Lipinski definition) is 0. The summed E-state index contributed by atoms with van der Waals surface area (Å²) >= 11 is 0. The van der Waals surface area contributed by atoms with Crippen molar-refractivity contribution in [2.24, 2.45) is 0 Å². The lowest BCUT2D eigenvalue weighted by molar-refractivity contribution is 0.670. The van der Waals surface area contributed by atoms with Crippen LogP contribution in [0.2, 0.25) is 0 Å². The van der Waals surface area contributed by atoms with Crippen LogP contribution in [0.15, 0.2) is 120 Å². The van der Waals surface area contributed by atoms with E-state index in [1.54, 1.807) is 18.3 Å². The van der Waals surface area contributed by atoms with E-state index in [1.165, 1.54) is 0 Å². The molecule has 146 valence electrons. The van der Waals surface area contributed by atoms with E-state index in [0.717, 1.165) is 33.0 Å². The first kappa shape index (κ1) is 13.2. The summed E-state index contributed by atoms with van der Waals surface area (Å²) in [6.07, 6.45) is 1.58. The van der Waals surface area contributed by atoms with E-state index < -0.39 is 6.04 Å². The number of nitrogens with zero attached hydrogens (tertiary/aromatic N) is 1. The molecule has 0 saturated heterocycles. The molecule has 0 saturated carbocycles. The fraction of sp³-hybridized carbons (Fsp3) is 0. The molecule has 0 fully saturated rings. The number of hydrogen-bond acceptors (Lipinski definition) is 2. The molecule has 0 aliphatic heterocycles. The molecule has 31 heavy (non-hydrogen) atoms. The quantitative estimate of drug-likeness (QED) is 0.300. The van der Waals surface area contributed by atoms with Crippen LogP contribution in [0.4, 0.5) is 0 Å². The highest BCUT2D eigenvalue weighted by molar-refractivity contribution is 6.10. The highest BCUT2D eigenvalue weighted by Gasteiger charge is 2.14. The smallest absolute Gasteiger partial charge is 0.144 e. The Morgan fingerprint density at radius 1 is 0.645 bits per heavy atom. The molecule has 0 atom stereocenters. The maximum absolute atomic E-state index is 8.33. The summed E-state index contributed by atoms with van der Waals surface area (Å²) in [4.78, 5) is 4.53. The van der Waals surface area contributed by atoms with Crippen LogP contribution in [0.25, 0.3) is 55.4 Å². The number of pyridine rings is 1. The van der Waals surface area contributed by atoms with E-state index in [-0.39, 0.29) is 29.7 Å². The first-order chi connectivity index (χ1) is 17.4. The molecule has 0 aliphatic carbocycles. The van der Waals surface area contributed by atoms with Crippen LogP contribution in [0.1, 0.15) is 6.85 Å². The predicted octanol–water partition coefficient (Wildman–Crippen LogP) is 7.98. The summed E-state index contributed by atoms with van der Waals surface area (Å²) in [5.74, 6) is 0. The van der Waals surface area contributed by atoms with Gasteiger partial charge in [-0.3, -0.25) is 4.98 Å². The van der Waals surface area contributed by atoms with E-state index >= 15 is 0 Å². The minimum Gasteiger partial charge on any atom is -0.455 e. The SMILES string of the molecule is [2H]c1c([2H])c([2H])c(-c2ccnc(-c3cccc4c3oc3cc(-c5ccccc5)ccc34)c2)c([2H])c1[2H]. The fourth-order valence-electron chi connectivity index (χ4n) is 3.94. The van der Waals surface area contributed by atoms with Crippen LogP contribution in [0.5, 0.6) is 0 Å². The summed E-state index contributed by atoms with van der Waals surface area (Å²) in [6.45, 7) is 0. The molecule has 0 spiro atoms. The van der Waals surface area contributed by atoms with Gasteiger partial charge in [-0.05, 0) is 52.6 Å². The van der Waals surface area contributed by atoms with E-state index in [9.17, 15) is 0 Å². The second-order valence-electron chi connectivity index (χ2n) is 7.29. The second kappa shape index (κ2) is 7.26. The number of benzene rings is 4. The molecule has 0 amide bonds. The average Bonchev–Trinajstić information content (AvgIpc) is 3.29. The van der Waals surface area contributed by atoms with Gasteiger partial charge in [-0.15, -0.1) is 0 Å². The zero-order valence-electron chi connectivity index (χ0n) is 21.4. The Morgan fingerprint density at radius 3 is 2.35 bits per heavy atom. The van der Waals surface area contributed by atoms with Crippen molar-refractivity contribution in [2.45, 2.75) is 0 Å². The molecule has 2 aromatic heterocycles. The first-order valence-electron chi connectivity index (χ1n) is 12.5. The van der Waals surface area contributed by atoms with Gasteiger partial charge in [0.25, 0.3) is 0 Å². The molecule has 2 heteroatoms. The van der Waals surface area contributed by atoms with Gasteiger partial charge in [-0.1, -0.05) is 78.7 Å². The molecule has 0 bridgehead atoms. The molecular weight excluding hydrogens is 378 g/mol. The standard InChI is InChI=1S/C29H19NO/c1-3-8-20(9-4-1)22-14-15-24-25-12-7-13-26(29(25)31-28(24)19-22)27-18-23(16-17-30-27)21-10-5-2-6-11-21/h1-19H/i2D,5D,6D,10D,11D. The Hall–Kier alpha value is -4.17. The van der Waals surface area contributed by atoms with Gasteiger partial charge in [0.1, 0.15) is 11.2 Å². The van der Waals surface area contributed by atoms with Crippen molar-refractivity contribution < 1.29 is 11.3 Å². The molecule has 0 N–H and O–H groups in total. The van der Waals surface area contributed by atoms with Crippen molar-refractivity contribution in [3.63, 3.8) is 0 Å². The predicted molar refractivity (Wildman–Crippen MR) is 128 cm³/mol. The van der Waals surface area contributed by atoms with Gasteiger partial charge in [-0.25, -0.2) is 0 Å². The average molecular weight is 403 g/mol. The minimum absolute atomic E-state index is 0.147. The lowest BCUT2D eigenvalue weighted by Crippen LogP contribution is -1.86.